The molecule has 112 valence electrons. The van der Waals surface area contributed by atoms with Crippen LogP contribution in [-0.4, -0.2) is 43.5 Å². The monoisotopic (exact) mass is 338 g/mol. The van der Waals surface area contributed by atoms with Gasteiger partial charge in [-0.2, -0.15) is 4.31 Å². The molecular formula is C11H15ClN2O4S2. The van der Waals surface area contributed by atoms with E-state index in [1.165, 1.54) is 43.1 Å². The van der Waals surface area contributed by atoms with Crippen molar-refractivity contribution in [1.29, 1.82) is 0 Å². The fourth-order valence-electron chi connectivity index (χ4n) is 1.76. The van der Waals surface area contributed by atoms with Gasteiger partial charge in [-0.25, -0.2) is 13.2 Å². The zero-order valence-corrected chi connectivity index (χ0v) is 13.1. The van der Waals surface area contributed by atoms with Crippen molar-refractivity contribution in [3.8, 4) is 0 Å². The maximum Gasteiger partial charge on any atom is 0.334 e. The summed E-state index contributed by atoms with van der Waals surface area (Å²) in [5.74, 6) is 0.00931. The van der Waals surface area contributed by atoms with Crippen LogP contribution in [0, 0.1) is 0 Å². The minimum atomic E-state index is -3.70. The SMILES string of the molecule is COC(=O)[C@@H]1SCCN1S(=O)(=O)c1ccc(N)cc1.Cl. The van der Waals surface area contributed by atoms with Crippen LogP contribution in [0.1, 0.15) is 0 Å². The van der Waals surface area contributed by atoms with Gasteiger partial charge in [-0.05, 0) is 24.3 Å². The van der Waals surface area contributed by atoms with Crippen molar-refractivity contribution < 1.29 is 17.9 Å². The number of esters is 1. The summed E-state index contributed by atoms with van der Waals surface area (Å²) in [5, 5.41) is -0.812. The number of nitrogens with zero attached hydrogens (tertiary/aromatic N) is 1. The molecule has 6 nitrogen and oxygen atoms in total. The Balaban J connectivity index is 0.00000200. The van der Waals surface area contributed by atoms with E-state index in [1.54, 1.807) is 0 Å². The zero-order chi connectivity index (χ0) is 14.0. The molecule has 0 radical (unpaired) electrons. The van der Waals surface area contributed by atoms with E-state index in [2.05, 4.69) is 4.74 Å². The van der Waals surface area contributed by atoms with Gasteiger partial charge in [0.2, 0.25) is 10.0 Å². The Labute approximate surface area is 128 Å². The van der Waals surface area contributed by atoms with Crippen LogP contribution < -0.4 is 5.73 Å². The predicted molar refractivity (Wildman–Crippen MR) is 80.3 cm³/mol. The normalized spacial score (nSPS) is 19.4. The molecule has 20 heavy (non-hydrogen) atoms. The second-order valence-corrected chi connectivity index (χ2v) is 7.01. The molecule has 0 aliphatic carbocycles. The summed E-state index contributed by atoms with van der Waals surface area (Å²) in [6, 6.07) is 5.90. The number of hydrogen-bond donors (Lipinski definition) is 1. The van der Waals surface area contributed by atoms with Gasteiger partial charge in [-0.15, -0.1) is 24.2 Å². The highest BCUT2D eigenvalue weighted by molar-refractivity contribution is 8.02. The van der Waals surface area contributed by atoms with Crippen LogP contribution in [0.4, 0.5) is 5.69 Å². The fourth-order valence-corrected chi connectivity index (χ4v) is 4.85. The number of hydrogen-bond acceptors (Lipinski definition) is 6. The first-order valence-electron chi connectivity index (χ1n) is 5.53. The van der Waals surface area contributed by atoms with Crippen molar-refractivity contribution in [2.24, 2.45) is 0 Å². The number of thioether (sulfide) groups is 1. The molecule has 0 saturated carbocycles. The molecule has 0 bridgehead atoms. The number of benzene rings is 1. The van der Waals surface area contributed by atoms with Crippen LogP contribution in [0.3, 0.4) is 0 Å². The molecule has 1 aromatic rings. The van der Waals surface area contributed by atoms with E-state index in [9.17, 15) is 13.2 Å². The van der Waals surface area contributed by atoms with Crippen molar-refractivity contribution in [3.05, 3.63) is 24.3 Å². The fraction of sp³-hybridized carbons (Fsp3) is 0.364. The highest BCUT2D eigenvalue weighted by Crippen LogP contribution is 2.30. The number of methoxy groups -OCH3 is 1. The molecule has 1 atom stereocenters. The van der Waals surface area contributed by atoms with E-state index >= 15 is 0 Å². The number of sulfonamides is 1. The van der Waals surface area contributed by atoms with E-state index < -0.39 is 21.4 Å². The van der Waals surface area contributed by atoms with Crippen molar-refractivity contribution in [2.45, 2.75) is 10.3 Å². The number of ether oxygens (including phenoxy) is 1. The third kappa shape index (κ3) is 3.20. The first kappa shape index (κ1) is 17.1. The highest BCUT2D eigenvalue weighted by Gasteiger charge is 2.40. The standard InChI is InChI=1S/C11H14N2O4S2.ClH/c1-17-11(14)10-13(6-7-18-10)19(15,16)9-4-2-8(12)3-5-9;/h2-5,10H,6-7,12H2,1H3;1H/t10-;/m0./s1. The summed E-state index contributed by atoms with van der Waals surface area (Å²) < 4.78 is 30.7. The minimum Gasteiger partial charge on any atom is -0.467 e. The van der Waals surface area contributed by atoms with Gasteiger partial charge >= 0.3 is 5.97 Å². The average molecular weight is 339 g/mol. The van der Waals surface area contributed by atoms with Gasteiger partial charge in [-0.1, -0.05) is 0 Å². The predicted octanol–water partition coefficient (Wildman–Crippen LogP) is 0.927. The third-order valence-corrected chi connectivity index (χ3v) is 5.93. The molecule has 0 aromatic heterocycles. The lowest BCUT2D eigenvalue weighted by atomic mass is 10.3. The Morgan fingerprint density at radius 3 is 2.55 bits per heavy atom. The first-order valence-corrected chi connectivity index (χ1v) is 8.02. The summed E-state index contributed by atoms with van der Waals surface area (Å²) in [6.07, 6.45) is 0. The van der Waals surface area contributed by atoms with Crippen molar-refractivity contribution in [1.82, 2.24) is 4.31 Å². The van der Waals surface area contributed by atoms with Crippen LogP contribution >= 0.6 is 24.2 Å². The van der Waals surface area contributed by atoms with Gasteiger partial charge in [0.1, 0.15) is 0 Å². The average Bonchev–Trinajstić information content (AvgIpc) is 2.88. The molecule has 0 unspecified atom stereocenters. The van der Waals surface area contributed by atoms with Crippen molar-refractivity contribution in [2.75, 3.05) is 25.1 Å². The zero-order valence-electron chi connectivity index (χ0n) is 10.7. The molecule has 1 aliphatic rings. The number of rotatable bonds is 3. The Bertz CT molecular complexity index is 577. The summed E-state index contributed by atoms with van der Waals surface area (Å²) in [4.78, 5) is 11.7. The second-order valence-electron chi connectivity index (χ2n) is 3.93. The molecule has 0 amide bonds. The van der Waals surface area contributed by atoms with Crippen LogP contribution in [0.15, 0.2) is 29.2 Å². The molecule has 1 aromatic carbocycles. The Hall–Kier alpha value is -0.960. The molecule has 1 fully saturated rings. The van der Waals surface area contributed by atoms with E-state index in [-0.39, 0.29) is 23.8 Å². The molecule has 1 aliphatic heterocycles. The van der Waals surface area contributed by atoms with E-state index in [0.29, 0.717) is 11.4 Å². The summed E-state index contributed by atoms with van der Waals surface area (Å²) >= 11 is 1.26. The maximum absolute atomic E-state index is 12.4. The van der Waals surface area contributed by atoms with Crippen molar-refractivity contribution >= 4 is 45.8 Å². The number of carbonyl (C=O) groups is 1. The van der Waals surface area contributed by atoms with Gasteiger partial charge in [0.25, 0.3) is 0 Å². The lowest BCUT2D eigenvalue weighted by Gasteiger charge is -2.21. The van der Waals surface area contributed by atoms with Gasteiger partial charge in [-0.3, -0.25) is 0 Å². The minimum absolute atomic E-state index is 0. The highest BCUT2D eigenvalue weighted by atomic mass is 35.5. The lowest BCUT2D eigenvalue weighted by Crippen LogP contribution is -2.39. The molecule has 0 spiro atoms. The smallest absolute Gasteiger partial charge is 0.334 e. The number of nitrogen functional groups attached to an aromatic ring is 1. The number of nitrogens with two attached hydrogens (primary N) is 1. The van der Waals surface area contributed by atoms with Crippen LogP contribution in [0.5, 0.6) is 0 Å². The van der Waals surface area contributed by atoms with Gasteiger partial charge in [0.15, 0.2) is 5.37 Å². The summed E-state index contributed by atoms with van der Waals surface area (Å²) in [6.45, 7) is 0.289. The summed E-state index contributed by atoms with van der Waals surface area (Å²) in [5.41, 5.74) is 6.02. The quantitative estimate of drug-likeness (QED) is 0.651. The Morgan fingerprint density at radius 2 is 2.00 bits per heavy atom. The number of halogens is 1. The van der Waals surface area contributed by atoms with Crippen molar-refractivity contribution in [3.63, 3.8) is 0 Å². The van der Waals surface area contributed by atoms with Gasteiger partial charge < -0.3 is 10.5 Å². The largest absolute Gasteiger partial charge is 0.467 e. The molecule has 1 heterocycles. The Kier molecular flexibility index (Phi) is 5.69. The number of anilines is 1. The Morgan fingerprint density at radius 1 is 1.40 bits per heavy atom. The number of carbonyl (C=O) groups excluding carboxylic acids is 1. The molecular weight excluding hydrogens is 324 g/mol. The topological polar surface area (TPSA) is 89.7 Å². The maximum atomic E-state index is 12.4. The first-order chi connectivity index (χ1) is 8.96. The second kappa shape index (κ2) is 6.66. The van der Waals surface area contributed by atoms with E-state index in [4.69, 9.17) is 5.73 Å². The van der Waals surface area contributed by atoms with Gasteiger partial charge in [0.05, 0.1) is 12.0 Å². The van der Waals surface area contributed by atoms with Gasteiger partial charge in [0, 0.05) is 18.0 Å². The summed E-state index contributed by atoms with van der Waals surface area (Å²) in [7, 11) is -2.46. The molecule has 2 rings (SSSR count). The molecule has 1 saturated heterocycles. The van der Waals surface area contributed by atoms with Crippen LogP contribution in [0.2, 0.25) is 0 Å². The third-order valence-electron chi connectivity index (χ3n) is 2.74. The van der Waals surface area contributed by atoms with Crippen LogP contribution in [-0.2, 0) is 19.6 Å². The van der Waals surface area contributed by atoms with E-state index in [0.717, 1.165) is 4.31 Å². The molecule has 9 heteroatoms. The van der Waals surface area contributed by atoms with E-state index in [1.807, 2.05) is 0 Å². The lowest BCUT2D eigenvalue weighted by molar-refractivity contribution is -0.141. The van der Waals surface area contributed by atoms with Crippen LogP contribution in [0.25, 0.3) is 0 Å². The molecule has 2 N–H and O–H groups in total.